The Morgan fingerprint density at radius 1 is 1.36 bits per heavy atom. The van der Waals surface area contributed by atoms with Crippen LogP contribution in [0.25, 0.3) is 0 Å². The van der Waals surface area contributed by atoms with Gasteiger partial charge in [-0.25, -0.2) is 4.39 Å². The van der Waals surface area contributed by atoms with Crippen molar-refractivity contribution in [2.24, 2.45) is 0 Å². The number of rotatable bonds is 1. The maximum Gasteiger partial charge on any atom is 0.201 e. The summed E-state index contributed by atoms with van der Waals surface area (Å²) in [5, 5.41) is 8.95. The van der Waals surface area contributed by atoms with Crippen LogP contribution in [0.4, 0.5) is 8.78 Å². The molecule has 0 spiro atoms. The summed E-state index contributed by atoms with van der Waals surface area (Å²) in [6, 6.07) is 2.35. The van der Waals surface area contributed by atoms with Gasteiger partial charge in [0, 0.05) is 0 Å². The van der Waals surface area contributed by atoms with E-state index in [1.54, 1.807) is 0 Å². The Kier molecular flexibility index (Phi) is 2.53. The van der Waals surface area contributed by atoms with Gasteiger partial charge in [-0.1, -0.05) is 25.2 Å². The molecule has 1 nitrogen and oxygen atoms in total. The van der Waals surface area contributed by atoms with Crippen molar-refractivity contribution in [2.75, 3.05) is 0 Å². The lowest BCUT2D eigenvalue weighted by Gasteiger charge is -1.98. The zero-order chi connectivity index (χ0) is 8.43. The van der Waals surface area contributed by atoms with Gasteiger partial charge in [0.2, 0.25) is 5.82 Å². The van der Waals surface area contributed by atoms with Gasteiger partial charge in [0.25, 0.3) is 0 Å². The SMILES string of the molecule is C=Ic1ccc(F)c(F)c1O. The molecule has 0 fully saturated rings. The van der Waals surface area contributed by atoms with Gasteiger partial charge in [0.15, 0.2) is 11.6 Å². The topological polar surface area (TPSA) is 20.2 Å². The smallest absolute Gasteiger partial charge is 0.201 e. The van der Waals surface area contributed by atoms with E-state index in [1.807, 2.05) is 0 Å². The maximum atomic E-state index is 12.5. The normalized spacial score (nSPS) is 10.0. The van der Waals surface area contributed by atoms with E-state index in [-0.39, 0.29) is 0 Å². The highest BCUT2D eigenvalue weighted by Crippen LogP contribution is 2.26. The summed E-state index contributed by atoms with van der Waals surface area (Å²) in [6.07, 6.45) is 0. The van der Waals surface area contributed by atoms with Gasteiger partial charge in [-0.05, 0) is 12.1 Å². The Morgan fingerprint density at radius 3 is 2.55 bits per heavy atom. The van der Waals surface area contributed by atoms with Crippen LogP contribution in [0.15, 0.2) is 12.1 Å². The van der Waals surface area contributed by atoms with Crippen LogP contribution in [-0.4, -0.2) is 9.62 Å². The molecule has 0 bridgehead atoms. The number of halogens is 3. The van der Waals surface area contributed by atoms with Gasteiger partial charge in [-0.3, -0.25) is 0 Å². The molecular weight excluding hydrogens is 265 g/mol. The van der Waals surface area contributed by atoms with E-state index in [4.69, 9.17) is 5.11 Å². The van der Waals surface area contributed by atoms with Gasteiger partial charge in [-0.15, -0.1) is 0 Å². The van der Waals surface area contributed by atoms with Crippen molar-refractivity contribution in [2.45, 2.75) is 0 Å². The van der Waals surface area contributed by atoms with Gasteiger partial charge in [0.05, 0.1) is 3.57 Å². The van der Waals surface area contributed by atoms with Gasteiger partial charge < -0.3 is 5.11 Å². The lowest BCUT2D eigenvalue weighted by molar-refractivity contribution is 0.404. The third kappa shape index (κ3) is 1.55. The van der Waals surface area contributed by atoms with Crippen LogP contribution in [-0.2, 0) is 0 Å². The molecule has 0 unspecified atom stereocenters. The molecule has 0 atom stereocenters. The molecule has 0 radical (unpaired) electrons. The number of benzene rings is 1. The lowest BCUT2D eigenvalue weighted by Crippen LogP contribution is -1.86. The first kappa shape index (κ1) is 8.58. The van der Waals surface area contributed by atoms with Crippen LogP contribution < -0.4 is 0 Å². The van der Waals surface area contributed by atoms with E-state index < -0.39 is 38.1 Å². The van der Waals surface area contributed by atoms with Crippen molar-refractivity contribution in [3.8, 4) is 5.75 Å². The third-order valence-electron chi connectivity index (χ3n) is 1.16. The van der Waals surface area contributed by atoms with E-state index in [0.717, 1.165) is 6.07 Å². The summed E-state index contributed by atoms with van der Waals surface area (Å²) in [4.78, 5) is 0. The summed E-state index contributed by atoms with van der Waals surface area (Å²) < 4.78 is 28.9. The summed E-state index contributed by atoms with van der Waals surface area (Å²) >= 11 is -0.649. The first-order chi connectivity index (χ1) is 5.16. The molecule has 11 heavy (non-hydrogen) atoms. The van der Waals surface area contributed by atoms with Gasteiger partial charge in [0.1, 0.15) is 0 Å². The molecule has 1 rings (SSSR count). The summed E-state index contributed by atoms with van der Waals surface area (Å²) in [6.45, 7) is 0. The van der Waals surface area contributed by atoms with Crippen molar-refractivity contribution in [3.63, 3.8) is 0 Å². The Hall–Kier alpha value is -0.520. The lowest BCUT2D eigenvalue weighted by atomic mass is 10.3. The van der Waals surface area contributed by atoms with E-state index in [9.17, 15) is 8.78 Å². The highest BCUT2D eigenvalue weighted by molar-refractivity contribution is 14.2. The fourth-order valence-electron chi connectivity index (χ4n) is 0.624. The number of aromatic hydroxyl groups is 1. The van der Waals surface area contributed by atoms with Gasteiger partial charge in [-0.2, -0.15) is 4.39 Å². The Bertz CT molecular complexity index is 299. The number of phenols is 1. The van der Waals surface area contributed by atoms with Crippen LogP contribution in [0, 0.1) is 15.2 Å². The second-order valence-corrected chi connectivity index (χ2v) is 3.75. The Labute approximate surface area is 72.4 Å². The molecule has 4 heteroatoms. The minimum atomic E-state index is -1.18. The molecule has 60 valence electrons. The van der Waals surface area contributed by atoms with E-state index in [0.29, 0.717) is 3.57 Å². The average molecular weight is 270 g/mol. The van der Waals surface area contributed by atoms with Crippen LogP contribution in [0.1, 0.15) is 0 Å². The first-order valence-corrected chi connectivity index (χ1v) is 5.32. The van der Waals surface area contributed by atoms with E-state index in [1.165, 1.54) is 6.07 Å². The molecule has 1 aromatic rings. The van der Waals surface area contributed by atoms with Crippen molar-refractivity contribution >= 4 is 25.2 Å². The third-order valence-corrected chi connectivity index (χ3v) is 2.86. The average Bonchev–Trinajstić information content (AvgIpc) is 2.01. The Balaban J connectivity index is 3.36. The molecule has 0 aliphatic rings. The molecule has 1 aromatic carbocycles. The molecule has 0 saturated carbocycles. The number of hydrogen-bond acceptors (Lipinski definition) is 1. The van der Waals surface area contributed by atoms with Crippen LogP contribution in [0.3, 0.4) is 0 Å². The largest absolute Gasteiger partial charge is 0.504 e. The highest BCUT2D eigenvalue weighted by atomic mass is 127. The maximum absolute atomic E-state index is 12.5. The number of hydrogen-bond donors (Lipinski definition) is 1. The molecule has 0 aliphatic carbocycles. The standard InChI is InChI=1S/C7H5F2IO/c1-10-5-3-2-4(8)6(9)7(5)11/h2-3,11H,1H2. The molecule has 0 aromatic heterocycles. The second kappa shape index (κ2) is 3.25. The molecule has 0 saturated heterocycles. The monoisotopic (exact) mass is 270 g/mol. The molecule has 0 heterocycles. The summed E-state index contributed by atoms with van der Waals surface area (Å²) in [5.74, 6) is -2.79. The minimum absolute atomic E-state index is 0.419. The van der Waals surface area contributed by atoms with E-state index in [2.05, 4.69) is 4.51 Å². The van der Waals surface area contributed by atoms with Crippen molar-refractivity contribution in [1.82, 2.24) is 0 Å². The number of phenolic OH excluding ortho intramolecular Hbond substituents is 1. The summed E-state index contributed by atoms with van der Waals surface area (Å²) in [7, 11) is 0. The zero-order valence-corrected chi connectivity index (χ0v) is 7.60. The van der Waals surface area contributed by atoms with E-state index >= 15 is 0 Å². The Morgan fingerprint density at radius 2 is 2.00 bits per heavy atom. The van der Waals surface area contributed by atoms with Crippen LogP contribution >= 0.6 is 20.7 Å². The highest BCUT2D eigenvalue weighted by Gasteiger charge is 2.09. The zero-order valence-electron chi connectivity index (χ0n) is 5.44. The molecular formula is C7H5F2IO. The fraction of sp³-hybridized carbons (Fsp3) is 0. The molecule has 1 N–H and O–H groups in total. The quantitative estimate of drug-likeness (QED) is 0.613. The predicted molar refractivity (Wildman–Crippen MR) is 47.9 cm³/mol. The van der Waals surface area contributed by atoms with Crippen molar-refractivity contribution in [3.05, 3.63) is 27.3 Å². The first-order valence-electron chi connectivity index (χ1n) is 2.72. The van der Waals surface area contributed by atoms with Crippen LogP contribution in [0.5, 0.6) is 5.75 Å². The second-order valence-electron chi connectivity index (χ2n) is 1.83. The minimum Gasteiger partial charge on any atom is -0.504 e. The molecule has 0 amide bonds. The molecule has 0 aliphatic heterocycles. The fourth-order valence-corrected chi connectivity index (χ4v) is 1.66. The van der Waals surface area contributed by atoms with Gasteiger partial charge >= 0.3 is 0 Å². The summed E-state index contributed by atoms with van der Waals surface area (Å²) in [5.41, 5.74) is 0. The predicted octanol–water partition coefficient (Wildman–Crippen LogP) is 2.24. The van der Waals surface area contributed by atoms with Crippen molar-refractivity contribution < 1.29 is 13.9 Å². The van der Waals surface area contributed by atoms with Crippen LogP contribution in [0.2, 0.25) is 0 Å². The van der Waals surface area contributed by atoms with Crippen molar-refractivity contribution in [1.29, 1.82) is 0 Å².